The Bertz CT molecular complexity index is 143. The normalized spacial score (nSPS) is 13.6. The summed E-state index contributed by atoms with van der Waals surface area (Å²) >= 11 is 0. The third kappa shape index (κ3) is 5.13. The Kier molecular flexibility index (Phi) is 4.90. The molecule has 0 aromatic rings. The molecular weight excluding hydrogens is 152 g/mol. The zero-order valence-corrected chi connectivity index (χ0v) is 8.42. The highest BCUT2D eigenvalue weighted by atomic mass is 16.1. The summed E-state index contributed by atoms with van der Waals surface area (Å²) in [4.78, 5) is 11.2. The molecule has 0 saturated heterocycles. The lowest BCUT2D eigenvalue weighted by atomic mass is 10.0. The van der Waals surface area contributed by atoms with Crippen molar-refractivity contribution in [2.24, 2.45) is 11.7 Å². The summed E-state index contributed by atoms with van der Waals surface area (Å²) in [6.45, 7) is 7.93. The second kappa shape index (κ2) is 5.14. The largest absolute Gasteiger partial charge is 0.354 e. The molecule has 1 unspecified atom stereocenters. The lowest BCUT2D eigenvalue weighted by Crippen LogP contribution is -2.37. The summed E-state index contributed by atoms with van der Waals surface area (Å²) in [7, 11) is 0. The Balaban J connectivity index is 3.69. The van der Waals surface area contributed by atoms with E-state index < -0.39 is 0 Å². The fourth-order valence-corrected chi connectivity index (χ4v) is 0.831. The number of nitrogens with two attached hydrogens (primary N) is 1. The van der Waals surface area contributed by atoms with E-state index in [0.29, 0.717) is 12.3 Å². The summed E-state index contributed by atoms with van der Waals surface area (Å²) in [5.41, 5.74) is 5.73. The van der Waals surface area contributed by atoms with Gasteiger partial charge in [-0.25, -0.2) is 0 Å². The molecule has 3 heteroatoms. The van der Waals surface area contributed by atoms with Crippen molar-refractivity contribution in [3.8, 4) is 0 Å². The summed E-state index contributed by atoms with van der Waals surface area (Å²) in [6.07, 6.45) is 0.426. The van der Waals surface area contributed by atoms with Crippen molar-refractivity contribution in [1.82, 2.24) is 5.32 Å². The van der Waals surface area contributed by atoms with Gasteiger partial charge in [0.1, 0.15) is 0 Å². The molecule has 0 radical (unpaired) electrons. The molecule has 0 fully saturated rings. The van der Waals surface area contributed by atoms with E-state index in [1.807, 2.05) is 27.7 Å². The lowest BCUT2D eigenvalue weighted by molar-refractivity contribution is -0.122. The van der Waals surface area contributed by atoms with E-state index in [1.165, 1.54) is 0 Å². The zero-order chi connectivity index (χ0) is 9.72. The van der Waals surface area contributed by atoms with Crippen LogP contribution in [0.25, 0.3) is 0 Å². The molecule has 3 N–H and O–H groups in total. The molecule has 1 amide bonds. The first-order valence-corrected chi connectivity index (χ1v) is 4.48. The molecule has 0 aliphatic rings. The van der Waals surface area contributed by atoms with Crippen molar-refractivity contribution in [3.05, 3.63) is 0 Å². The van der Waals surface area contributed by atoms with Gasteiger partial charge < -0.3 is 11.1 Å². The number of hydrogen-bond donors (Lipinski definition) is 2. The van der Waals surface area contributed by atoms with Gasteiger partial charge in [-0.3, -0.25) is 4.79 Å². The number of hydrogen-bond acceptors (Lipinski definition) is 2. The van der Waals surface area contributed by atoms with Crippen LogP contribution in [0.1, 0.15) is 34.1 Å². The number of carbonyl (C=O) groups excluding carboxylic acids is 1. The third-order valence-electron chi connectivity index (χ3n) is 1.73. The Labute approximate surface area is 74.7 Å². The van der Waals surface area contributed by atoms with Gasteiger partial charge in [0.2, 0.25) is 5.91 Å². The van der Waals surface area contributed by atoms with Crippen LogP contribution in [0.4, 0.5) is 0 Å². The van der Waals surface area contributed by atoms with Gasteiger partial charge in [0.25, 0.3) is 0 Å². The Morgan fingerprint density at radius 1 is 1.33 bits per heavy atom. The highest BCUT2D eigenvalue weighted by molar-refractivity contribution is 5.76. The van der Waals surface area contributed by atoms with Gasteiger partial charge in [-0.1, -0.05) is 13.8 Å². The van der Waals surface area contributed by atoms with E-state index in [9.17, 15) is 4.79 Å². The predicted octanol–water partition coefficient (Wildman–Crippen LogP) is 0.884. The minimum Gasteiger partial charge on any atom is -0.354 e. The molecule has 0 rings (SSSR count). The maximum absolute atomic E-state index is 11.2. The molecule has 1 atom stereocenters. The molecule has 0 heterocycles. The van der Waals surface area contributed by atoms with Gasteiger partial charge in [0, 0.05) is 18.5 Å². The maximum atomic E-state index is 11.2. The van der Waals surface area contributed by atoms with Crippen LogP contribution in [0, 0.1) is 5.92 Å². The van der Waals surface area contributed by atoms with Crippen LogP contribution in [-0.4, -0.2) is 18.0 Å². The minimum absolute atomic E-state index is 0.0243. The third-order valence-corrected chi connectivity index (χ3v) is 1.73. The standard InChI is InChI=1S/C9H20N2O/c1-6(2)8(10)5-9(12)11-7(3)4/h6-8H,5,10H2,1-4H3,(H,11,12). The van der Waals surface area contributed by atoms with Crippen LogP contribution in [0.5, 0.6) is 0 Å². The van der Waals surface area contributed by atoms with E-state index in [4.69, 9.17) is 5.73 Å². The van der Waals surface area contributed by atoms with Gasteiger partial charge >= 0.3 is 0 Å². The molecule has 0 aromatic heterocycles. The minimum atomic E-state index is -0.0243. The Morgan fingerprint density at radius 2 is 1.83 bits per heavy atom. The Hall–Kier alpha value is -0.570. The molecular formula is C9H20N2O. The first-order valence-electron chi connectivity index (χ1n) is 4.48. The summed E-state index contributed by atoms with van der Waals surface area (Å²) in [5, 5.41) is 2.81. The van der Waals surface area contributed by atoms with Crippen molar-refractivity contribution in [2.75, 3.05) is 0 Å². The molecule has 0 aliphatic carbocycles. The fourth-order valence-electron chi connectivity index (χ4n) is 0.831. The van der Waals surface area contributed by atoms with Crippen LogP contribution < -0.4 is 11.1 Å². The molecule has 12 heavy (non-hydrogen) atoms. The van der Waals surface area contributed by atoms with Crippen LogP contribution in [0.3, 0.4) is 0 Å². The molecule has 0 saturated carbocycles. The van der Waals surface area contributed by atoms with Gasteiger partial charge in [-0.2, -0.15) is 0 Å². The second-order valence-corrected chi connectivity index (χ2v) is 3.83. The summed E-state index contributed by atoms with van der Waals surface area (Å²) in [5.74, 6) is 0.411. The van der Waals surface area contributed by atoms with E-state index in [2.05, 4.69) is 5.32 Å². The van der Waals surface area contributed by atoms with Crippen LogP contribution in [0.2, 0.25) is 0 Å². The second-order valence-electron chi connectivity index (χ2n) is 3.83. The van der Waals surface area contributed by atoms with Gasteiger partial charge in [-0.05, 0) is 19.8 Å². The van der Waals surface area contributed by atoms with Crippen molar-refractivity contribution in [3.63, 3.8) is 0 Å². The fraction of sp³-hybridized carbons (Fsp3) is 0.889. The van der Waals surface area contributed by atoms with Crippen LogP contribution >= 0.6 is 0 Å². The first kappa shape index (κ1) is 11.4. The van der Waals surface area contributed by atoms with Crippen molar-refractivity contribution in [2.45, 2.75) is 46.2 Å². The summed E-state index contributed by atoms with van der Waals surface area (Å²) < 4.78 is 0. The lowest BCUT2D eigenvalue weighted by Gasteiger charge is -2.16. The van der Waals surface area contributed by atoms with Gasteiger partial charge in [0.15, 0.2) is 0 Å². The highest BCUT2D eigenvalue weighted by Crippen LogP contribution is 2.02. The molecule has 0 aliphatic heterocycles. The molecule has 3 nitrogen and oxygen atoms in total. The first-order chi connectivity index (χ1) is 5.43. The number of carbonyl (C=O) groups is 1. The smallest absolute Gasteiger partial charge is 0.221 e. The van der Waals surface area contributed by atoms with E-state index in [-0.39, 0.29) is 18.0 Å². The molecule has 0 bridgehead atoms. The number of nitrogens with one attached hydrogen (secondary N) is 1. The van der Waals surface area contributed by atoms with Crippen LogP contribution in [-0.2, 0) is 4.79 Å². The quantitative estimate of drug-likeness (QED) is 0.661. The summed E-state index contributed by atoms with van der Waals surface area (Å²) in [6, 6.07) is 0.181. The SMILES string of the molecule is CC(C)NC(=O)CC(N)C(C)C. The van der Waals surface area contributed by atoms with E-state index in [1.54, 1.807) is 0 Å². The van der Waals surface area contributed by atoms with Crippen LogP contribution in [0.15, 0.2) is 0 Å². The van der Waals surface area contributed by atoms with Gasteiger partial charge in [-0.15, -0.1) is 0 Å². The van der Waals surface area contributed by atoms with E-state index in [0.717, 1.165) is 0 Å². The number of amides is 1. The van der Waals surface area contributed by atoms with E-state index >= 15 is 0 Å². The van der Waals surface area contributed by atoms with Crippen molar-refractivity contribution >= 4 is 5.91 Å². The average molecular weight is 172 g/mol. The molecule has 72 valence electrons. The average Bonchev–Trinajstić information content (AvgIpc) is 1.84. The topological polar surface area (TPSA) is 55.1 Å². The highest BCUT2D eigenvalue weighted by Gasteiger charge is 2.12. The van der Waals surface area contributed by atoms with Crippen molar-refractivity contribution in [1.29, 1.82) is 0 Å². The maximum Gasteiger partial charge on any atom is 0.221 e. The zero-order valence-electron chi connectivity index (χ0n) is 8.42. The van der Waals surface area contributed by atoms with Crippen molar-refractivity contribution < 1.29 is 4.79 Å². The monoisotopic (exact) mass is 172 g/mol. The number of rotatable bonds is 4. The molecule has 0 spiro atoms. The molecule has 0 aromatic carbocycles. The predicted molar refractivity (Wildman–Crippen MR) is 50.7 cm³/mol. The Morgan fingerprint density at radius 3 is 2.17 bits per heavy atom. The van der Waals surface area contributed by atoms with Gasteiger partial charge in [0.05, 0.1) is 0 Å².